The second kappa shape index (κ2) is 11.9. The Bertz CT molecular complexity index is 1180. The van der Waals surface area contributed by atoms with Gasteiger partial charge in [-0.3, -0.25) is 9.59 Å². The number of esters is 1. The number of Topliss-reactive ketones (excluding diaryl/α,β-unsaturated/α-hetero) is 1. The van der Waals surface area contributed by atoms with Gasteiger partial charge in [-0.25, -0.2) is 4.79 Å². The zero-order valence-corrected chi connectivity index (χ0v) is 19.9. The highest BCUT2D eigenvalue weighted by Crippen LogP contribution is 2.26. The molecule has 0 aliphatic rings. The minimum Gasteiger partial charge on any atom is -0.497 e. The maximum absolute atomic E-state index is 12.7. The number of carbonyl (C=O) groups excluding carboxylic acids is 3. The van der Waals surface area contributed by atoms with Gasteiger partial charge in [0.05, 0.1) is 31.1 Å². The molecule has 0 aliphatic heterocycles. The van der Waals surface area contributed by atoms with Crippen LogP contribution in [0.15, 0.2) is 71.6 Å². The van der Waals surface area contributed by atoms with Crippen LogP contribution in [-0.4, -0.2) is 44.2 Å². The monoisotopic (exact) mass is 479 g/mol. The number of nitrogens with one attached hydrogen (secondary N) is 1. The second-order valence-electron chi connectivity index (χ2n) is 7.26. The zero-order chi connectivity index (χ0) is 24.5. The average Bonchev–Trinajstić information content (AvgIpc) is 2.86. The number of carbonyl (C=O) groups is 3. The van der Waals surface area contributed by atoms with E-state index in [4.69, 9.17) is 14.2 Å². The van der Waals surface area contributed by atoms with Gasteiger partial charge in [-0.05, 0) is 43.3 Å². The van der Waals surface area contributed by atoms with E-state index in [0.29, 0.717) is 22.1 Å². The van der Waals surface area contributed by atoms with Crippen molar-refractivity contribution < 1.29 is 28.6 Å². The molecule has 0 saturated heterocycles. The van der Waals surface area contributed by atoms with Crippen molar-refractivity contribution in [3.63, 3.8) is 0 Å². The Morgan fingerprint density at radius 3 is 2.32 bits per heavy atom. The van der Waals surface area contributed by atoms with Crippen molar-refractivity contribution in [1.82, 2.24) is 0 Å². The van der Waals surface area contributed by atoms with E-state index in [-0.39, 0.29) is 22.8 Å². The first-order valence-electron chi connectivity index (χ1n) is 10.4. The molecule has 0 aromatic heterocycles. The van der Waals surface area contributed by atoms with E-state index < -0.39 is 18.4 Å². The van der Waals surface area contributed by atoms with Gasteiger partial charge in [0.15, 0.2) is 6.61 Å². The van der Waals surface area contributed by atoms with E-state index >= 15 is 0 Å². The predicted molar refractivity (Wildman–Crippen MR) is 131 cm³/mol. The third kappa shape index (κ3) is 6.62. The first-order valence-corrected chi connectivity index (χ1v) is 11.4. The minimum atomic E-state index is -0.650. The molecule has 0 heterocycles. The number of thioether (sulfide) groups is 1. The Hall–Kier alpha value is -3.78. The van der Waals surface area contributed by atoms with Crippen molar-refractivity contribution in [3.8, 4) is 11.5 Å². The highest BCUT2D eigenvalue weighted by atomic mass is 32.2. The van der Waals surface area contributed by atoms with Crippen LogP contribution in [0.25, 0.3) is 0 Å². The summed E-state index contributed by atoms with van der Waals surface area (Å²) in [7, 11) is 2.96. The molecule has 8 heteroatoms. The van der Waals surface area contributed by atoms with E-state index in [1.165, 1.54) is 26.0 Å². The van der Waals surface area contributed by atoms with Crippen LogP contribution in [0, 0.1) is 6.92 Å². The molecule has 176 valence electrons. The third-order valence-corrected chi connectivity index (χ3v) is 5.92. The number of aryl methyl sites for hydroxylation is 1. The van der Waals surface area contributed by atoms with Crippen molar-refractivity contribution in [2.24, 2.45) is 0 Å². The molecular formula is C26H25NO6S. The fraction of sp³-hybridized carbons (Fsp3) is 0.192. The first kappa shape index (κ1) is 24.9. The number of amides is 1. The van der Waals surface area contributed by atoms with Crippen LogP contribution in [0.1, 0.15) is 26.3 Å². The number of hydrogen-bond acceptors (Lipinski definition) is 7. The van der Waals surface area contributed by atoms with Crippen LogP contribution < -0.4 is 14.8 Å². The van der Waals surface area contributed by atoms with Gasteiger partial charge in [0, 0.05) is 16.6 Å². The highest BCUT2D eigenvalue weighted by molar-refractivity contribution is 8.00. The Morgan fingerprint density at radius 1 is 0.882 bits per heavy atom. The summed E-state index contributed by atoms with van der Waals surface area (Å²) in [6.45, 7) is 1.52. The molecule has 0 aliphatic carbocycles. The molecule has 0 fully saturated rings. The molecule has 3 aromatic carbocycles. The van der Waals surface area contributed by atoms with Gasteiger partial charge in [-0.2, -0.15) is 0 Å². The summed E-state index contributed by atoms with van der Waals surface area (Å²) in [4.78, 5) is 38.2. The maximum Gasteiger partial charge on any atom is 0.339 e. The van der Waals surface area contributed by atoms with Gasteiger partial charge >= 0.3 is 5.97 Å². The number of methoxy groups -OCH3 is 2. The molecule has 3 rings (SSSR count). The normalized spacial score (nSPS) is 10.3. The van der Waals surface area contributed by atoms with Crippen LogP contribution >= 0.6 is 11.8 Å². The standard InChI is InChI=1S/C26H25NO6S/c1-17-8-10-18(11-9-17)27-25(29)16-34-24-7-5-4-6-21(24)26(30)33-15-22(28)20-13-12-19(31-2)14-23(20)32-3/h4-14H,15-16H2,1-3H3,(H,27,29). The molecule has 0 atom stereocenters. The molecule has 0 saturated carbocycles. The Morgan fingerprint density at radius 2 is 1.62 bits per heavy atom. The minimum absolute atomic E-state index is 0.111. The highest BCUT2D eigenvalue weighted by Gasteiger charge is 2.18. The third-order valence-electron chi connectivity index (χ3n) is 4.84. The van der Waals surface area contributed by atoms with E-state index in [1.54, 1.807) is 42.5 Å². The van der Waals surface area contributed by atoms with Crippen molar-refractivity contribution in [3.05, 3.63) is 83.4 Å². The van der Waals surface area contributed by atoms with Crippen LogP contribution in [0.5, 0.6) is 11.5 Å². The summed E-state index contributed by atoms with van der Waals surface area (Å²) in [5.41, 5.74) is 2.37. The molecule has 3 aromatic rings. The van der Waals surface area contributed by atoms with Gasteiger partial charge in [0.25, 0.3) is 0 Å². The quantitative estimate of drug-likeness (QED) is 0.254. The molecule has 0 bridgehead atoms. The van der Waals surface area contributed by atoms with Crippen molar-refractivity contribution in [1.29, 1.82) is 0 Å². The summed E-state index contributed by atoms with van der Waals surface area (Å²) in [5, 5.41) is 2.82. The number of rotatable bonds is 10. The van der Waals surface area contributed by atoms with Crippen LogP contribution in [0.2, 0.25) is 0 Å². The number of ketones is 1. The average molecular weight is 480 g/mol. The van der Waals surface area contributed by atoms with Gasteiger partial charge in [0.1, 0.15) is 11.5 Å². The van der Waals surface area contributed by atoms with Gasteiger partial charge in [-0.1, -0.05) is 29.8 Å². The lowest BCUT2D eigenvalue weighted by atomic mass is 10.1. The summed E-state index contributed by atoms with van der Waals surface area (Å²) < 4.78 is 15.6. The summed E-state index contributed by atoms with van der Waals surface area (Å²) in [6, 6.07) is 19.1. The lowest BCUT2D eigenvalue weighted by Crippen LogP contribution is -2.16. The Balaban J connectivity index is 1.60. The number of ether oxygens (including phenoxy) is 3. The Kier molecular flexibility index (Phi) is 8.70. The van der Waals surface area contributed by atoms with Crippen molar-refractivity contribution in [2.45, 2.75) is 11.8 Å². The molecule has 1 amide bonds. The number of anilines is 1. The van der Waals surface area contributed by atoms with E-state index in [0.717, 1.165) is 5.56 Å². The summed E-state index contributed by atoms with van der Waals surface area (Å²) >= 11 is 1.21. The van der Waals surface area contributed by atoms with Gasteiger partial charge in [-0.15, -0.1) is 11.8 Å². The van der Waals surface area contributed by atoms with E-state index in [1.807, 2.05) is 31.2 Å². The number of benzene rings is 3. The lowest BCUT2D eigenvalue weighted by Gasteiger charge is -2.11. The van der Waals surface area contributed by atoms with Gasteiger partial charge in [0.2, 0.25) is 11.7 Å². The fourth-order valence-corrected chi connectivity index (χ4v) is 3.89. The smallest absolute Gasteiger partial charge is 0.339 e. The van der Waals surface area contributed by atoms with Gasteiger partial charge < -0.3 is 19.5 Å². The van der Waals surface area contributed by atoms with E-state index in [2.05, 4.69) is 5.32 Å². The van der Waals surface area contributed by atoms with Crippen LogP contribution in [0.3, 0.4) is 0 Å². The summed E-state index contributed by atoms with van der Waals surface area (Å²) in [6.07, 6.45) is 0. The van der Waals surface area contributed by atoms with Crippen LogP contribution in [-0.2, 0) is 9.53 Å². The van der Waals surface area contributed by atoms with Crippen LogP contribution in [0.4, 0.5) is 5.69 Å². The second-order valence-corrected chi connectivity index (χ2v) is 8.28. The Labute approximate surface area is 202 Å². The first-order chi connectivity index (χ1) is 16.4. The largest absolute Gasteiger partial charge is 0.497 e. The molecule has 0 radical (unpaired) electrons. The van der Waals surface area contributed by atoms with E-state index in [9.17, 15) is 14.4 Å². The topological polar surface area (TPSA) is 90.9 Å². The van der Waals surface area contributed by atoms with Crippen molar-refractivity contribution >= 4 is 35.1 Å². The van der Waals surface area contributed by atoms with Crippen molar-refractivity contribution in [2.75, 3.05) is 31.9 Å². The summed E-state index contributed by atoms with van der Waals surface area (Å²) in [5.74, 6) is -0.268. The number of hydrogen-bond donors (Lipinski definition) is 1. The predicted octanol–water partition coefficient (Wildman–Crippen LogP) is 4.78. The molecule has 1 N–H and O–H groups in total. The molecule has 7 nitrogen and oxygen atoms in total. The fourth-order valence-electron chi connectivity index (χ4n) is 3.05. The SMILES string of the molecule is COc1ccc(C(=O)COC(=O)c2ccccc2SCC(=O)Nc2ccc(C)cc2)c(OC)c1. The molecular weight excluding hydrogens is 454 g/mol. The lowest BCUT2D eigenvalue weighted by molar-refractivity contribution is -0.113. The molecule has 34 heavy (non-hydrogen) atoms. The molecule has 0 spiro atoms. The molecule has 0 unspecified atom stereocenters. The maximum atomic E-state index is 12.7. The zero-order valence-electron chi connectivity index (χ0n) is 19.1.